The first-order chi connectivity index (χ1) is 9.54. The standard InChI is InChI=1S/C17H21NO2/c1-4-14-11-18(10-13-8-6-5-7-9-13)16(12(2)3)15(14)17(19)20/h5-9,11-12H,4,10H2,1-3H3,(H,19,20). The summed E-state index contributed by atoms with van der Waals surface area (Å²) in [5, 5.41) is 9.49. The Bertz CT molecular complexity index is 597. The largest absolute Gasteiger partial charge is 0.478 e. The number of carboxylic acids is 1. The zero-order valence-corrected chi connectivity index (χ0v) is 12.3. The Kier molecular flexibility index (Phi) is 4.28. The molecule has 1 aromatic carbocycles. The second-order valence-corrected chi connectivity index (χ2v) is 5.34. The fourth-order valence-electron chi connectivity index (χ4n) is 2.68. The van der Waals surface area contributed by atoms with Gasteiger partial charge in [-0.15, -0.1) is 0 Å². The van der Waals surface area contributed by atoms with Crippen LogP contribution in [-0.4, -0.2) is 15.6 Å². The van der Waals surface area contributed by atoms with Gasteiger partial charge in [0, 0.05) is 18.4 Å². The van der Waals surface area contributed by atoms with Crippen molar-refractivity contribution < 1.29 is 9.90 Å². The highest BCUT2D eigenvalue weighted by molar-refractivity contribution is 5.91. The summed E-state index contributed by atoms with van der Waals surface area (Å²) in [6, 6.07) is 10.1. The van der Waals surface area contributed by atoms with Crippen molar-refractivity contribution in [3.05, 3.63) is 58.9 Å². The van der Waals surface area contributed by atoms with Gasteiger partial charge < -0.3 is 9.67 Å². The molecule has 1 N–H and O–H groups in total. The maximum absolute atomic E-state index is 11.6. The van der Waals surface area contributed by atoms with Crippen LogP contribution in [-0.2, 0) is 13.0 Å². The first-order valence-corrected chi connectivity index (χ1v) is 7.03. The predicted octanol–water partition coefficient (Wildman–Crippen LogP) is 3.92. The quantitative estimate of drug-likeness (QED) is 0.895. The zero-order valence-electron chi connectivity index (χ0n) is 12.3. The minimum atomic E-state index is -0.822. The highest BCUT2D eigenvalue weighted by atomic mass is 16.4. The number of aromatic carboxylic acids is 1. The van der Waals surface area contributed by atoms with Gasteiger partial charge in [0.2, 0.25) is 0 Å². The molecule has 0 radical (unpaired) electrons. The summed E-state index contributed by atoms with van der Waals surface area (Å²) in [6.07, 6.45) is 2.73. The fraction of sp³-hybridized carbons (Fsp3) is 0.353. The van der Waals surface area contributed by atoms with Gasteiger partial charge in [0.1, 0.15) is 0 Å². The van der Waals surface area contributed by atoms with E-state index in [-0.39, 0.29) is 5.92 Å². The Hall–Kier alpha value is -2.03. The van der Waals surface area contributed by atoms with E-state index in [1.165, 1.54) is 5.56 Å². The molecule has 1 heterocycles. The van der Waals surface area contributed by atoms with Crippen LogP contribution in [0.1, 0.15) is 53.9 Å². The van der Waals surface area contributed by atoms with Crippen molar-refractivity contribution in [1.82, 2.24) is 4.57 Å². The maximum atomic E-state index is 11.6. The highest BCUT2D eigenvalue weighted by Crippen LogP contribution is 2.26. The van der Waals surface area contributed by atoms with E-state index in [2.05, 4.69) is 16.7 Å². The number of hydrogen-bond donors (Lipinski definition) is 1. The van der Waals surface area contributed by atoms with E-state index in [0.717, 1.165) is 17.7 Å². The molecule has 0 amide bonds. The second-order valence-electron chi connectivity index (χ2n) is 5.34. The number of carbonyl (C=O) groups is 1. The monoisotopic (exact) mass is 271 g/mol. The lowest BCUT2D eigenvalue weighted by Crippen LogP contribution is -2.09. The number of nitrogens with zero attached hydrogens (tertiary/aromatic N) is 1. The number of hydrogen-bond acceptors (Lipinski definition) is 1. The van der Waals surface area contributed by atoms with Gasteiger partial charge in [-0.25, -0.2) is 4.79 Å². The van der Waals surface area contributed by atoms with Gasteiger partial charge in [0.25, 0.3) is 0 Å². The maximum Gasteiger partial charge on any atom is 0.337 e. The van der Waals surface area contributed by atoms with Gasteiger partial charge in [-0.05, 0) is 23.5 Å². The Labute approximate surface area is 119 Å². The predicted molar refractivity (Wildman–Crippen MR) is 80.4 cm³/mol. The molecule has 0 aliphatic rings. The molecule has 106 valence electrons. The van der Waals surface area contributed by atoms with E-state index >= 15 is 0 Å². The number of carboxylic acid groups (broad SMARTS) is 1. The molecular weight excluding hydrogens is 250 g/mol. The molecular formula is C17H21NO2. The van der Waals surface area contributed by atoms with Crippen molar-refractivity contribution in [2.45, 2.75) is 39.7 Å². The lowest BCUT2D eigenvalue weighted by Gasteiger charge is -2.13. The van der Waals surface area contributed by atoms with Crippen LogP contribution < -0.4 is 0 Å². The highest BCUT2D eigenvalue weighted by Gasteiger charge is 2.22. The summed E-state index contributed by atoms with van der Waals surface area (Å²) < 4.78 is 2.09. The molecule has 3 nitrogen and oxygen atoms in total. The summed E-state index contributed by atoms with van der Waals surface area (Å²) in [4.78, 5) is 11.6. The van der Waals surface area contributed by atoms with Crippen molar-refractivity contribution in [2.24, 2.45) is 0 Å². The van der Waals surface area contributed by atoms with Crippen LogP contribution in [0.3, 0.4) is 0 Å². The van der Waals surface area contributed by atoms with E-state index in [4.69, 9.17) is 0 Å². The Morgan fingerprint density at radius 3 is 2.40 bits per heavy atom. The average Bonchev–Trinajstić information content (AvgIpc) is 2.78. The fourth-order valence-corrected chi connectivity index (χ4v) is 2.68. The topological polar surface area (TPSA) is 42.2 Å². The minimum Gasteiger partial charge on any atom is -0.478 e. The van der Waals surface area contributed by atoms with Crippen LogP contribution >= 0.6 is 0 Å². The third-order valence-corrected chi connectivity index (χ3v) is 3.54. The van der Waals surface area contributed by atoms with Gasteiger partial charge >= 0.3 is 5.97 Å². The molecule has 0 aliphatic heterocycles. The average molecular weight is 271 g/mol. The number of benzene rings is 1. The summed E-state index contributed by atoms with van der Waals surface area (Å²) in [7, 11) is 0. The molecule has 1 aromatic heterocycles. The third-order valence-electron chi connectivity index (χ3n) is 3.54. The molecule has 0 aliphatic carbocycles. The zero-order chi connectivity index (χ0) is 14.7. The van der Waals surface area contributed by atoms with Crippen LogP contribution in [0.25, 0.3) is 0 Å². The molecule has 2 rings (SSSR count). The van der Waals surface area contributed by atoms with Crippen molar-refractivity contribution >= 4 is 5.97 Å². The van der Waals surface area contributed by atoms with Crippen LogP contribution in [0.15, 0.2) is 36.5 Å². The van der Waals surface area contributed by atoms with Gasteiger partial charge in [-0.2, -0.15) is 0 Å². The van der Waals surface area contributed by atoms with Crippen molar-refractivity contribution in [3.8, 4) is 0 Å². The lowest BCUT2D eigenvalue weighted by molar-refractivity contribution is 0.0694. The Morgan fingerprint density at radius 2 is 1.90 bits per heavy atom. The van der Waals surface area contributed by atoms with Gasteiger partial charge in [-0.1, -0.05) is 51.1 Å². The minimum absolute atomic E-state index is 0.185. The normalized spacial score (nSPS) is 11.0. The van der Waals surface area contributed by atoms with Crippen LogP contribution in [0.5, 0.6) is 0 Å². The number of aryl methyl sites for hydroxylation is 1. The Balaban J connectivity index is 2.50. The molecule has 2 aromatic rings. The van der Waals surface area contributed by atoms with Gasteiger partial charge in [-0.3, -0.25) is 0 Å². The first kappa shape index (κ1) is 14.4. The van der Waals surface area contributed by atoms with Gasteiger partial charge in [0.05, 0.1) is 5.56 Å². The van der Waals surface area contributed by atoms with Crippen molar-refractivity contribution in [3.63, 3.8) is 0 Å². The molecule has 3 heteroatoms. The molecule has 0 spiro atoms. The van der Waals surface area contributed by atoms with Crippen LogP contribution in [0.4, 0.5) is 0 Å². The number of rotatable bonds is 5. The Morgan fingerprint density at radius 1 is 1.25 bits per heavy atom. The van der Waals surface area contributed by atoms with E-state index in [9.17, 15) is 9.90 Å². The second kappa shape index (κ2) is 5.95. The first-order valence-electron chi connectivity index (χ1n) is 7.03. The summed E-state index contributed by atoms with van der Waals surface area (Å²) in [6.45, 7) is 6.80. The molecule has 0 atom stereocenters. The van der Waals surface area contributed by atoms with E-state index in [1.54, 1.807) is 0 Å². The number of aromatic nitrogens is 1. The van der Waals surface area contributed by atoms with Gasteiger partial charge in [0.15, 0.2) is 0 Å². The summed E-state index contributed by atoms with van der Waals surface area (Å²) in [5.74, 6) is -0.637. The smallest absolute Gasteiger partial charge is 0.337 e. The molecule has 0 unspecified atom stereocenters. The molecule has 0 saturated carbocycles. The SMILES string of the molecule is CCc1cn(Cc2ccccc2)c(C(C)C)c1C(=O)O. The molecule has 0 fully saturated rings. The van der Waals surface area contributed by atoms with Crippen molar-refractivity contribution in [1.29, 1.82) is 0 Å². The van der Waals surface area contributed by atoms with Crippen molar-refractivity contribution in [2.75, 3.05) is 0 Å². The third kappa shape index (κ3) is 2.77. The lowest BCUT2D eigenvalue weighted by atomic mass is 10.0. The van der Waals surface area contributed by atoms with E-state index in [0.29, 0.717) is 12.1 Å². The van der Waals surface area contributed by atoms with Crippen LogP contribution in [0, 0.1) is 0 Å². The summed E-state index contributed by atoms with van der Waals surface area (Å²) in [5.41, 5.74) is 3.50. The molecule has 0 saturated heterocycles. The summed E-state index contributed by atoms with van der Waals surface area (Å²) >= 11 is 0. The van der Waals surface area contributed by atoms with E-state index in [1.807, 2.05) is 45.2 Å². The van der Waals surface area contributed by atoms with E-state index < -0.39 is 5.97 Å². The van der Waals surface area contributed by atoms with Crippen LogP contribution in [0.2, 0.25) is 0 Å². The molecule has 20 heavy (non-hydrogen) atoms. The molecule has 0 bridgehead atoms.